The van der Waals surface area contributed by atoms with Gasteiger partial charge in [-0.3, -0.25) is 19.2 Å². The predicted octanol–water partition coefficient (Wildman–Crippen LogP) is 3.03. The van der Waals surface area contributed by atoms with Crippen LogP contribution in [0.25, 0.3) is 0 Å². The largest absolute Gasteiger partial charge is 0.445 e. The highest BCUT2D eigenvalue weighted by molar-refractivity contribution is 6.38. The van der Waals surface area contributed by atoms with E-state index in [-0.39, 0.29) is 25.6 Å². The fourth-order valence-corrected chi connectivity index (χ4v) is 3.50. The lowest BCUT2D eigenvalue weighted by Gasteiger charge is -2.24. The van der Waals surface area contributed by atoms with Gasteiger partial charge in [0.15, 0.2) is 0 Å². The smallest absolute Gasteiger partial charge is 0.408 e. The number of hydrogen-bond acceptors (Lipinski definition) is 6. The van der Waals surface area contributed by atoms with Crippen LogP contribution in [-0.4, -0.2) is 54.5 Å². The molecule has 2 aromatic rings. The Balaban J connectivity index is 2.14. The minimum Gasteiger partial charge on any atom is -0.445 e. The van der Waals surface area contributed by atoms with Gasteiger partial charge in [-0.1, -0.05) is 74.5 Å². The van der Waals surface area contributed by atoms with Gasteiger partial charge in [-0.2, -0.15) is 0 Å². The minimum atomic E-state index is -1.15. The molecule has 0 spiro atoms. The molecular weight excluding hydrogens is 462 g/mol. The number of ether oxygens (including phenoxy) is 1. The van der Waals surface area contributed by atoms with Crippen LogP contribution in [0, 0.1) is 5.92 Å². The zero-order chi connectivity index (χ0) is 26.5. The Morgan fingerprint density at radius 2 is 1.44 bits per heavy atom. The van der Waals surface area contributed by atoms with E-state index in [0.717, 1.165) is 16.2 Å². The fraction of sp³-hybridized carbons (Fsp3) is 0.407. The maximum absolute atomic E-state index is 13.2. The lowest BCUT2D eigenvalue weighted by molar-refractivity contribution is -0.180. The molecule has 0 saturated heterocycles. The van der Waals surface area contributed by atoms with E-state index in [1.807, 2.05) is 50.2 Å². The highest BCUT2D eigenvalue weighted by Gasteiger charge is 2.32. The highest BCUT2D eigenvalue weighted by Crippen LogP contribution is 2.10. The third-order valence-corrected chi connectivity index (χ3v) is 5.26. The summed E-state index contributed by atoms with van der Waals surface area (Å²) in [6.07, 6.45) is -0.340. The molecule has 0 aliphatic heterocycles. The van der Waals surface area contributed by atoms with Crippen molar-refractivity contribution in [3.05, 3.63) is 71.8 Å². The van der Waals surface area contributed by atoms with Gasteiger partial charge < -0.3 is 15.4 Å². The van der Waals surface area contributed by atoms with E-state index in [2.05, 4.69) is 10.6 Å². The molecule has 9 heteroatoms. The van der Waals surface area contributed by atoms with E-state index in [4.69, 9.17) is 9.57 Å². The molecule has 2 aromatic carbocycles. The number of carbonyl (C=O) groups excluding carboxylic acids is 4. The molecule has 36 heavy (non-hydrogen) atoms. The first-order valence-electron chi connectivity index (χ1n) is 12.0. The predicted molar refractivity (Wildman–Crippen MR) is 134 cm³/mol. The number of nitrogens with one attached hydrogen (secondary N) is 2. The summed E-state index contributed by atoms with van der Waals surface area (Å²) >= 11 is 0. The van der Waals surface area contributed by atoms with Crippen molar-refractivity contribution < 1.29 is 28.8 Å². The number of benzene rings is 2. The van der Waals surface area contributed by atoms with Crippen molar-refractivity contribution >= 4 is 23.7 Å². The third kappa shape index (κ3) is 9.50. The van der Waals surface area contributed by atoms with Crippen molar-refractivity contribution in [3.63, 3.8) is 0 Å². The number of alkyl carbamates (subject to hydrolysis) is 1. The van der Waals surface area contributed by atoms with E-state index in [0.29, 0.717) is 6.42 Å². The molecule has 0 aliphatic carbocycles. The summed E-state index contributed by atoms with van der Waals surface area (Å²) in [5, 5.41) is 6.12. The number of nitrogens with zero attached hydrogens (tertiary/aromatic N) is 1. The van der Waals surface area contributed by atoms with Crippen molar-refractivity contribution in [1.82, 2.24) is 15.7 Å². The maximum atomic E-state index is 13.2. The van der Waals surface area contributed by atoms with Gasteiger partial charge in [-0.15, -0.1) is 0 Å². The van der Waals surface area contributed by atoms with Crippen LogP contribution in [0.5, 0.6) is 0 Å². The van der Waals surface area contributed by atoms with Crippen molar-refractivity contribution in [1.29, 1.82) is 0 Å². The average molecular weight is 498 g/mol. The number of likely N-dealkylation sites (N-methyl/N-ethyl adjacent to an activating group) is 1. The zero-order valence-corrected chi connectivity index (χ0v) is 21.2. The molecule has 0 aliphatic rings. The molecule has 2 rings (SSSR count). The molecule has 0 unspecified atom stereocenters. The van der Waals surface area contributed by atoms with E-state index in [1.54, 1.807) is 31.2 Å². The first-order chi connectivity index (χ1) is 17.2. The molecule has 194 valence electrons. The lowest BCUT2D eigenvalue weighted by Crippen LogP contribution is -2.55. The third-order valence-electron chi connectivity index (χ3n) is 5.26. The van der Waals surface area contributed by atoms with E-state index in [9.17, 15) is 19.2 Å². The molecule has 9 nitrogen and oxygen atoms in total. The standard InChI is InChI=1S/C27H35N3O6/c1-5-36-30(4)26(33)24(31)22(17-20-12-8-6-9-13-20)28-25(32)23(16-19(2)3)29-27(34)35-18-21-14-10-7-11-15-21/h6-15,19,22-23H,5,16-18H2,1-4H3,(H,28,32)(H,29,34)/t22-,23-/m0/s1. The molecule has 0 saturated carbocycles. The second kappa shape index (κ2) is 14.6. The molecule has 0 bridgehead atoms. The molecular formula is C27H35N3O6. The molecule has 0 radical (unpaired) electrons. The first-order valence-corrected chi connectivity index (χ1v) is 12.0. The van der Waals surface area contributed by atoms with Crippen LogP contribution in [-0.2, 0) is 37.0 Å². The quantitative estimate of drug-likeness (QED) is 0.325. The SMILES string of the molecule is CCON(C)C(=O)C(=O)[C@H](Cc1ccccc1)NC(=O)[C@H](CC(C)C)NC(=O)OCc1ccccc1. The number of hydroxylamine groups is 2. The number of Topliss-reactive ketones (excluding diaryl/α,β-unsaturated/α-hetero) is 1. The summed E-state index contributed by atoms with van der Waals surface area (Å²) in [4.78, 5) is 56.4. The van der Waals surface area contributed by atoms with Gasteiger partial charge in [-0.05, 0) is 30.4 Å². The van der Waals surface area contributed by atoms with Crippen LogP contribution in [0.4, 0.5) is 4.79 Å². The summed E-state index contributed by atoms with van der Waals surface area (Å²) in [6.45, 7) is 5.76. The van der Waals surface area contributed by atoms with Crippen molar-refractivity contribution in [2.45, 2.75) is 52.3 Å². The Morgan fingerprint density at radius 1 is 0.861 bits per heavy atom. The van der Waals surface area contributed by atoms with Crippen LogP contribution in [0.3, 0.4) is 0 Å². The van der Waals surface area contributed by atoms with Gasteiger partial charge in [0.2, 0.25) is 11.7 Å². The van der Waals surface area contributed by atoms with E-state index < -0.39 is 35.8 Å². The highest BCUT2D eigenvalue weighted by atomic mass is 16.7. The summed E-state index contributed by atoms with van der Waals surface area (Å²) in [5.74, 6) is -2.22. The summed E-state index contributed by atoms with van der Waals surface area (Å²) < 4.78 is 5.26. The normalized spacial score (nSPS) is 12.4. The monoisotopic (exact) mass is 497 g/mol. The number of hydrogen-bond donors (Lipinski definition) is 2. The van der Waals surface area contributed by atoms with Gasteiger partial charge in [-0.25, -0.2) is 9.86 Å². The molecule has 0 heterocycles. The summed E-state index contributed by atoms with van der Waals surface area (Å²) in [6, 6.07) is 16.1. The van der Waals surface area contributed by atoms with Crippen molar-refractivity contribution in [2.24, 2.45) is 5.92 Å². The molecule has 0 aromatic heterocycles. The van der Waals surface area contributed by atoms with E-state index >= 15 is 0 Å². The van der Waals surface area contributed by atoms with Crippen LogP contribution in [0.1, 0.15) is 38.3 Å². The van der Waals surface area contributed by atoms with Crippen LogP contribution < -0.4 is 10.6 Å². The van der Waals surface area contributed by atoms with Crippen molar-refractivity contribution in [2.75, 3.05) is 13.7 Å². The first kappa shape index (κ1) is 28.5. The van der Waals surface area contributed by atoms with Crippen LogP contribution in [0.15, 0.2) is 60.7 Å². The van der Waals surface area contributed by atoms with Gasteiger partial charge in [0.1, 0.15) is 18.7 Å². The van der Waals surface area contributed by atoms with Gasteiger partial charge in [0.05, 0.1) is 6.61 Å². The van der Waals surface area contributed by atoms with E-state index in [1.165, 1.54) is 7.05 Å². The zero-order valence-electron chi connectivity index (χ0n) is 21.2. The number of carbonyl (C=O) groups is 4. The maximum Gasteiger partial charge on any atom is 0.408 e. The van der Waals surface area contributed by atoms with Gasteiger partial charge >= 0.3 is 12.0 Å². The Labute approximate surface area is 212 Å². The van der Waals surface area contributed by atoms with Gasteiger partial charge in [0, 0.05) is 13.5 Å². The van der Waals surface area contributed by atoms with Gasteiger partial charge in [0.25, 0.3) is 0 Å². The fourth-order valence-electron chi connectivity index (χ4n) is 3.50. The Hall–Kier alpha value is -3.72. The molecule has 3 amide bonds. The Kier molecular flexibility index (Phi) is 11.6. The second-order valence-corrected chi connectivity index (χ2v) is 8.72. The molecule has 2 N–H and O–H groups in total. The topological polar surface area (TPSA) is 114 Å². The number of rotatable bonds is 13. The second-order valence-electron chi connectivity index (χ2n) is 8.72. The summed E-state index contributed by atoms with van der Waals surface area (Å²) in [5.41, 5.74) is 1.57. The van der Waals surface area contributed by atoms with Crippen LogP contribution in [0.2, 0.25) is 0 Å². The number of ketones is 1. The van der Waals surface area contributed by atoms with Crippen molar-refractivity contribution in [3.8, 4) is 0 Å². The number of amides is 3. The average Bonchev–Trinajstić information content (AvgIpc) is 2.87. The summed E-state index contributed by atoms with van der Waals surface area (Å²) in [7, 11) is 1.34. The molecule has 0 fully saturated rings. The Bertz CT molecular complexity index is 997. The molecule has 2 atom stereocenters. The van der Waals surface area contributed by atoms with Crippen LogP contribution >= 0.6 is 0 Å². The Morgan fingerprint density at radius 3 is 2.00 bits per heavy atom. The minimum absolute atomic E-state index is 0.0517. The lowest BCUT2D eigenvalue weighted by atomic mass is 9.99.